The smallest absolute Gasteiger partial charge is 0.335 e. The second kappa shape index (κ2) is 5.10. The van der Waals surface area contributed by atoms with Gasteiger partial charge in [0.15, 0.2) is 0 Å². The Labute approximate surface area is 110 Å². The molecule has 0 aliphatic heterocycles. The van der Waals surface area contributed by atoms with Crippen molar-refractivity contribution in [3.63, 3.8) is 0 Å². The number of ether oxygens (including phenoxy) is 1. The number of aromatic carboxylic acids is 1. The lowest BCUT2D eigenvalue weighted by atomic mass is 10.1. The summed E-state index contributed by atoms with van der Waals surface area (Å²) < 4.78 is 18.6. The molecule has 0 unspecified atom stereocenters. The highest BCUT2D eigenvalue weighted by molar-refractivity contribution is 5.89. The number of carboxylic acids is 1. The number of benzene rings is 2. The predicted molar refractivity (Wildman–Crippen MR) is 69.3 cm³/mol. The Hall–Kier alpha value is -2.36. The standard InChI is InChI=1S/C15H13FO3/c1-9-8-12(4-5-13(9)15(17)18)19-14-6-3-11(16)7-10(14)2/h3-8H,1-2H3,(H,17,18). The molecule has 0 bridgehead atoms. The van der Waals surface area contributed by atoms with Crippen LogP contribution in [0.3, 0.4) is 0 Å². The first-order chi connectivity index (χ1) is 8.97. The molecule has 0 amide bonds. The average molecular weight is 260 g/mol. The Morgan fingerprint density at radius 1 is 1.11 bits per heavy atom. The van der Waals surface area contributed by atoms with E-state index in [2.05, 4.69) is 0 Å². The van der Waals surface area contributed by atoms with Crippen molar-refractivity contribution >= 4 is 5.97 Å². The molecule has 2 aromatic rings. The summed E-state index contributed by atoms with van der Waals surface area (Å²) in [4.78, 5) is 10.9. The van der Waals surface area contributed by atoms with E-state index in [1.54, 1.807) is 32.0 Å². The fourth-order valence-electron chi connectivity index (χ4n) is 1.79. The van der Waals surface area contributed by atoms with E-state index >= 15 is 0 Å². The van der Waals surface area contributed by atoms with E-state index in [9.17, 15) is 9.18 Å². The monoisotopic (exact) mass is 260 g/mol. The molecule has 0 saturated heterocycles. The molecule has 2 aromatic carbocycles. The van der Waals surface area contributed by atoms with Crippen LogP contribution in [0.2, 0.25) is 0 Å². The van der Waals surface area contributed by atoms with Gasteiger partial charge in [0.1, 0.15) is 17.3 Å². The number of aryl methyl sites for hydroxylation is 2. The van der Waals surface area contributed by atoms with E-state index < -0.39 is 5.97 Å². The number of carbonyl (C=O) groups is 1. The van der Waals surface area contributed by atoms with Crippen molar-refractivity contribution < 1.29 is 19.0 Å². The number of carboxylic acid groups (broad SMARTS) is 1. The van der Waals surface area contributed by atoms with Crippen LogP contribution in [0.15, 0.2) is 36.4 Å². The summed E-state index contributed by atoms with van der Waals surface area (Å²) in [7, 11) is 0. The zero-order chi connectivity index (χ0) is 14.0. The minimum Gasteiger partial charge on any atom is -0.478 e. The largest absolute Gasteiger partial charge is 0.478 e. The fourth-order valence-corrected chi connectivity index (χ4v) is 1.79. The van der Waals surface area contributed by atoms with E-state index in [1.165, 1.54) is 18.2 Å². The molecule has 0 aromatic heterocycles. The Bertz CT molecular complexity index is 635. The van der Waals surface area contributed by atoms with Crippen LogP contribution in [-0.2, 0) is 0 Å². The molecule has 1 N–H and O–H groups in total. The SMILES string of the molecule is Cc1cc(F)ccc1Oc1ccc(C(=O)O)c(C)c1. The molecule has 2 rings (SSSR count). The fraction of sp³-hybridized carbons (Fsp3) is 0.133. The molecule has 0 heterocycles. The molecule has 0 radical (unpaired) electrons. The second-order valence-corrected chi connectivity index (χ2v) is 4.29. The highest BCUT2D eigenvalue weighted by atomic mass is 19.1. The minimum absolute atomic E-state index is 0.239. The first-order valence-corrected chi connectivity index (χ1v) is 5.75. The normalized spacial score (nSPS) is 10.3. The van der Waals surface area contributed by atoms with Gasteiger partial charge in [0, 0.05) is 0 Å². The van der Waals surface area contributed by atoms with Crippen LogP contribution in [0.1, 0.15) is 21.5 Å². The summed E-state index contributed by atoms with van der Waals surface area (Å²) in [5.41, 5.74) is 1.54. The highest BCUT2D eigenvalue weighted by Crippen LogP contribution is 2.27. The van der Waals surface area contributed by atoms with Crippen molar-refractivity contribution in [2.75, 3.05) is 0 Å². The molecule has 4 heteroatoms. The Morgan fingerprint density at radius 3 is 2.42 bits per heavy atom. The summed E-state index contributed by atoms with van der Waals surface area (Å²) >= 11 is 0. The van der Waals surface area contributed by atoms with Gasteiger partial charge in [0.05, 0.1) is 5.56 Å². The van der Waals surface area contributed by atoms with Gasteiger partial charge in [-0.05, 0) is 61.4 Å². The first kappa shape index (κ1) is 13.1. The molecule has 0 fully saturated rings. The molecule has 0 aliphatic carbocycles. The zero-order valence-corrected chi connectivity index (χ0v) is 10.6. The van der Waals surface area contributed by atoms with E-state index in [-0.39, 0.29) is 11.4 Å². The molecule has 0 aliphatic rings. The number of halogens is 1. The number of rotatable bonds is 3. The lowest BCUT2D eigenvalue weighted by molar-refractivity contribution is 0.0696. The van der Waals surface area contributed by atoms with Crippen molar-refractivity contribution in [3.05, 3.63) is 58.9 Å². The lowest BCUT2D eigenvalue weighted by Gasteiger charge is -2.10. The molecule has 3 nitrogen and oxygen atoms in total. The second-order valence-electron chi connectivity index (χ2n) is 4.29. The maximum absolute atomic E-state index is 13.0. The Balaban J connectivity index is 2.29. The van der Waals surface area contributed by atoms with E-state index in [0.29, 0.717) is 22.6 Å². The maximum Gasteiger partial charge on any atom is 0.335 e. The van der Waals surface area contributed by atoms with Gasteiger partial charge in [0.25, 0.3) is 0 Å². The van der Waals surface area contributed by atoms with Crippen LogP contribution < -0.4 is 4.74 Å². The summed E-state index contributed by atoms with van der Waals surface area (Å²) in [6.45, 7) is 3.45. The van der Waals surface area contributed by atoms with Crippen LogP contribution in [0.25, 0.3) is 0 Å². The van der Waals surface area contributed by atoms with Gasteiger partial charge in [-0.25, -0.2) is 9.18 Å². The van der Waals surface area contributed by atoms with Gasteiger partial charge in [-0.3, -0.25) is 0 Å². The van der Waals surface area contributed by atoms with Gasteiger partial charge in [-0.15, -0.1) is 0 Å². The van der Waals surface area contributed by atoms with Crippen LogP contribution in [0, 0.1) is 19.7 Å². The molecule has 0 atom stereocenters. The van der Waals surface area contributed by atoms with Crippen molar-refractivity contribution in [1.29, 1.82) is 0 Å². The van der Waals surface area contributed by atoms with Crippen LogP contribution >= 0.6 is 0 Å². The first-order valence-electron chi connectivity index (χ1n) is 5.75. The quantitative estimate of drug-likeness (QED) is 0.909. The van der Waals surface area contributed by atoms with Gasteiger partial charge < -0.3 is 9.84 Å². The van der Waals surface area contributed by atoms with Crippen molar-refractivity contribution in [1.82, 2.24) is 0 Å². The Morgan fingerprint density at radius 2 is 1.84 bits per heavy atom. The molecule has 0 saturated carbocycles. The number of hydrogen-bond donors (Lipinski definition) is 1. The Kier molecular flexibility index (Phi) is 3.51. The van der Waals surface area contributed by atoms with E-state index in [0.717, 1.165) is 0 Å². The molecule has 19 heavy (non-hydrogen) atoms. The van der Waals surface area contributed by atoms with Crippen molar-refractivity contribution in [2.24, 2.45) is 0 Å². The summed E-state index contributed by atoms with van der Waals surface area (Å²) in [5.74, 6) is -0.217. The molecule has 98 valence electrons. The third-order valence-electron chi connectivity index (χ3n) is 2.79. The summed E-state index contributed by atoms with van der Waals surface area (Å²) in [5, 5.41) is 8.94. The topological polar surface area (TPSA) is 46.5 Å². The maximum atomic E-state index is 13.0. The predicted octanol–water partition coefficient (Wildman–Crippen LogP) is 3.93. The van der Waals surface area contributed by atoms with Gasteiger partial charge in [-0.1, -0.05) is 0 Å². The van der Waals surface area contributed by atoms with Crippen molar-refractivity contribution in [3.8, 4) is 11.5 Å². The highest BCUT2D eigenvalue weighted by Gasteiger charge is 2.09. The van der Waals surface area contributed by atoms with Crippen LogP contribution in [0.5, 0.6) is 11.5 Å². The average Bonchev–Trinajstić information content (AvgIpc) is 2.32. The van der Waals surface area contributed by atoms with Crippen LogP contribution in [-0.4, -0.2) is 11.1 Å². The summed E-state index contributed by atoms with van der Waals surface area (Å²) in [6.07, 6.45) is 0. The van der Waals surface area contributed by atoms with Gasteiger partial charge in [0.2, 0.25) is 0 Å². The molecular formula is C15H13FO3. The summed E-state index contributed by atoms with van der Waals surface area (Å²) in [6, 6.07) is 8.97. The third kappa shape index (κ3) is 2.91. The van der Waals surface area contributed by atoms with Crippen LogP contribution in [0.4, 0.5) is 4.39 Å². The minimum atomic E-state index is -0.970. The van der Waals surface area contributed by atoms with Gasteiger partial charge >= 0.3 is 5.97 Å². The van der Waals surface area contributed by atoms with Gasteiger partial charge in [-0.2, -0.15) is 0 Å². The van der Waals surface area contributed by atoms with E-state index in [1.807, 2.05) is 0 Å². The molecular weight excluding hydrogens is 247 g/mol. The van der Waals surface area contributed by atoms with Crippen molar-refractivity contribution in [2.45, 2.75) is 13.8 Å². The van der Waals surface area contributed by atoms with E-state index in [4.69, 9.17) is 9.84 Å². The zero-order valence-electron chi connectivity index (χ0n) is 10.6. The molecule has 0 spiro atoms. The number of hydrogen-bond acceptors (Lipinski definition) is 2. The third-order valence-corrected chi connectivity index (χ3v) is 2.79. The lowest BCUT2D eigenvalue weighted by Crippen LogP contribution is -1.99.